The molecule has 0 aliphatic heterocycles. The lowest BCUT2D eigenvalue weighted by molar-refractivity contribution is 0.367. The largest absolute Gasteiger partial charge is 0.497 e. The molecule has 0 aliphatic carbocycles. The van der Waals surface area contributed by atoms with Gasteiger partial charge in [0.1, 0.15) is 18.1 Å². The minimum atomic E-state index is 0.124. The van der Waals surface area contributed by atoms with E-state index in [-0.39, 0.29) is 6.61 Å². The van der Waals surface area contributed by atoms with Gasteiger partial charge in [0, 0.05) is 5.56 Å². The van der Waals surface area contributed by atoms with Crippen LogP contribution in [0.4, 0.5) is 0 Å². The fourth-order valence-electron chi connectivity index (χ4n) is 2.11. The van der Waals surface area contributed by atoms with E-state index in [1.807, 2.05) is 0 Å². The highest BCUT2D eigenvalue weighted by atomic mass is 16.5. The fourth-order valence-corrected chi connectivity index (χ4v) is 2.11. The Morgan fingerprint density at radius 2 is 2.04 bits per heavy atom. The van der Waals surface area contributed by atoms with Crippen LogP contribution in [0.3, 0.4) is 0 Å². The molecule has 2 aromatic carbocycles. The summed E-state index contributed by atoms with van der Waals surface area (Å²) in [5.41, 5.74) is 2.22. The normalized spacial score (nSPS) is 10.2. The Morgan fingerprint density at radius 3 is 2.71 bits per heavy atom. The van der Waals surface area contributed by atoms with Crippen LogP contribution < -0.4 is 9.47 Å². The first kappa shape index (κ1) is 16.7. The Morgan fingerprint density at radius 1 is 1.21 bits per heavy atom. The molecule has 0 unspecified atom stereocenters. The van der Waals surface area contributed by atoms with Crippen LogP contribution in [0.1, 0.15) is 16.7 Å². The lowest BCUT2D eigenvalue weighted by Crippen LogP contribution is -1.96. The number of allylic oxidation sites excluding steroid dienone is 1. The summed E-state index contributed by atoms with van der Waals surface area (Å²) in [4.78, 5) is 0. The van der Waals surface area contributed by atoms with Gasteiger partial charge in [0.05, 0.1) is 30.4 Å². The molecule has 0 radical (unpaired) electrons. The summed E-state index contributed by atoms with van der Waals surface area (Å²) < 4.78 is 10.7. The molecule has 0 N–H and O–H groups in total. The summed E-state index contributed by atoms with van der Waals surface area (Å²) in [7, 11) is 1.56. The molecule has 0 aliphatic rings. The summed E-state index contributed by atoms with van der Waals surface area (Å²) in [5, 5.41) is 18.5. The van der Waals surface area contributed by atoms with Crippen molar-refractivity contribution in [1.82, 2.24) is 0 Å². The first-order valence-corrected chi connectivity index (χ1v) is 7.08. The molecule has 2 aromatic rings. The molecule has 0 atom stereocenters. The number of hydrogen-bond donors (Lipinski definition) is 0. The minimum absolute atomic E-state index is 0.124. The quantitative estimate of drug-likeness (QED) is 0.480. The van der Waals surface area contributed by atoms with E-state index < -0.39 is 0 Å². The van der Waals surface area contributed by atoms with Gasteiger partial charge in [-0.1, -0.05) is 18.1 Å². The summed E-state index contributed by atoms with van der Waals surface area (Å²) in [6, 6.07) is 16.3. The van der Waals surface area contributed by atoms with Crippen molar-refractivity contribution in [2.75, 3.05) is 13.7 Å². The van der Waals surface area contributed by atoms with Crippen molar-refractivity contribution in [2.45, 2.75) is 0 Å². The number of terminal acetylenes is 1. The van der Waals surface area contributed by atoms with E-state index in [2.05, 4.69) is 18.1 Å². The predicted molar refractivity (Wildman–Crippen MR) is 92.0 cm³/mol. The van der Waals surface area contributed by atoms with Gasteiger partial charge in [-0.3, -0.25) is 0 Å². The molecule has 0 bridgehead atoms. The molecule has 0 aromatic heterocycles. The van der Waals surface area contributed by atoms with Gasteiger partial charge in [-0.05, 0) is 42.0 Å². The Labute approximate surface area is 141 Å². The highest BCUT2D eigenvalue weighted by Crippen LogP contribution is 2.28. The molecule has 0 amide bonds. The van der Waals surface area contributed by atoms with E-state index in [4.69, 9.17) is 21.2 Å². The zero-order valence-electron chi connectivity index (χ0n) is 13.1. The average Bonchev–Trinajstić information content (AvgIpc) is 2.64. The number of hydrogen-bond acceptors (Lipinski definition) is 4. The molecule has 0 heterocycles. The van der Waals surface area contributed by atoms with Gasteiger partial charge < -0.3 is 9.47 Å². The molecule has 0 saturated heterocycles. The Balaban J connectivity index is 2.51. The van der Waals surface area contributed by atoms with Crippen LogP contribution in [-0.4, -0.2) is 13.7 Å². The topological polar surface area (TPSA) is 66.0 Å². The van der Waals surface area contributed by atoms with Gasteiger partial charge >= 0.3 is 0 Å². The van der Waals surface area contributed by atoms with Crippen LogP contribution in [0.2, 0.25) is 0 Å². The summed E-state index contributed by atoms with van der Waals surface area (Å²) in [6.45, 7) is 0.124. The minimum Gasteiger partial charge on any atom is -0.497 e. The second kappa shape index (κ2) is 8.08. The van der Waals surface area contributed by atoms with E-state index in [9.17, 15) is 5.26 Å². The van der Waals surface area contributed by atoms with Gasteiger partial charge in [-0.15, -0.1) is 6.42 Å². The molecule has 0 saturated carbocycles. The molecule has 116 valence electrons. The number of nitrogens with zero attached hydrogens (tertiary/aromatic N) is 2. The van der Waals surface area contributed by atoms with Crippen molar-refractivity contribution in [2.24, 2.45) is 0 Å². The van der Waals surface area contributed by atoms with Crippen molar-refractivity contribution in [3.8, 4) is 36.0 Å². The number of ether oxygens (including phenoxy) is 2. The standard InChI is InChI=1S/C20H14N2O2/c1-3-9-24-20-8-7-19(23-2)12-17(20)11-18(14-22)16-6-4-5-15(10-16)13-21/h1,4-8,10-12H,9H2,2H3/b18-11+. The molecule has 0 fully saturated rings. The first-order chi connectivity index (χ1) is 11.7. The lowest BCUT2D eigenvalue weighted by atomic mass is 10.0. The second-order valence-corrected chi connectivity index (χ2v) is 4.76. The Kier molecular flexibility index (Phi) is 5.62. The Hall–Kier alpha value is -3.68. The van der Waals surface area contributed by atoms with Crippen LogP contribution in [-0.2, 0) is 0 Å². The van der Waals surface area contributed by atoms with Crippen molar-refractivity contribution in [3.05, 3.63) is 59.2 Å². The highest BCUT2D eigenvalue weighted by Gasteiger charge is 2.08. The number of rotatable bonds is 5. The van der Waals surface area contributed by atoms with Crippen LogP contribution >= 0.6 is 0 Å². The smallest absolute Gasteiger partial charge is 0.148 e. The molecular weight excluding hydrogens is 300 g/mol. The summed E-state index contributed by atoms with van der Waals surface area (Å²) in [5.74, 6) is 3.60. The maximum atomic E-state index is 9.49. The average molecular weight is 314 g/mol. The molecule has 24 heavy (non-hydrogen) atoms. The number of nitriles is 2. The molecule has 0 spiro atoms. The summed E-state index contributed by atoms with van der Waals surface area (Å²) >= 11 is 0. The highest BCUT2D eigenvalue weighted by molar-refractivity contribution is 5.91. The van der Waals surface area contributed by atoms with Gasteiger partial charge in [-0.2, -0.15) is 10.5 Å². The first-order valence-electron chi connectivity index (χ1n) is 7.08. The number of benzene rings is 2. The van der Waals surface area contributed by atoms with Crippen molar-refractivity contribution in [3.63, 3.8) is 0 Å². The van der Waals surface area contributed by atoms with Crippen LogP contribution in [0.15, 0.2) is 42.5 Å². The van der Waals surface area contributed by atoms with Crippen molar-refractivity contribution in [1.29, 1.82) is 10.5 Å². The zero-order chi connectivity index (χ0) is 17.4. The second-order valence-electron chi connectivity index (χ2n) is 4.76. The lowest BCUT2D eigenvalue weighted by Gasteiger charge is -2.09. The van der Waals surface area contributed by atoms with E-state index in [0.29, 0.717) is 33.8 Å². The van der Waals surface area contributed by atoms with Crippen LogP contribution in [0, 0.1) is 35.0 Å². The monoisotopic (exact) mass is 314 g/mol. The summed E-state index contributed by atoms with van der Waals surface area (Å²) in [6.07, 6.45) is 6.92. The third-order valence-electron chi connectivity index (χ3n) is 3.25. The van der Waals surface area contributed by atoms with E-state index in [1.54, 1.807) is 55.7 Å². The zero-order valence-corrected chi connectivity index (χ0v) is 13.1. The Bertz CT molecular complexity index is 893. The molecule has 4 heteroatoms. The van der Waals surface area contributed by atoms with Crippen LogP contribution in [0.25, 0.3) is 11.6 Å². The maximum absolute atomic E-state index is 9.49. The fraction of sp³-hybridized carbons (Fsp3) is 0.100. The van der Waals surface area contributed by atoms with Crippen molar-refractivity contribution < 1.29 is 9.47 Å². The van der Waals surface area contributed by atoms with E-state index in [1.165, 1.54) is 0 Å². The maximum Gasteiger partial charge on any atom is 0.148 e. The van der Waals surface area contributed by atoms with Gasteiger partial charge in [0.25, 0.3) is 0 Å². The molecular formula is C20H14N2O2. The molecule has 4 nitrogen and oxygen atoms in total. The predicted octanol–water partition coefficient (Wildman–Crippen LogP) is 3.64. The third-order valence-corrected chi connectivity index (χ3v) is 3.25. The number of methoxy groups -OCH3 is 1. The van der Waals surface area contributed by atoms with Gasteiger partial charge in [0.15, 0.2) is 0 Å². The van der Waals surface area contributed by atoms with Crippen molar-refractivity contribution >= 4 is 11.6 Å². The van der Waals surface area contributed by atoms with Gasteiger partial charge in [-0.25, -0.2) is 0 Å². The molecule has 2 rings (SSSR count). The van der Waals surface area contributed by atoms with E-state index >= 15 is 0 Å². The SMILES string of the molecule is C#CCOc1ccc(OC)cc1/C=C(\C#N)c1cccc(C#N)c1. The van der Waals surface area contributed by atoms with Gasteiger partial charge in [0.2, 0.25) is 0 Å². The third kappa shape index (κ3) is 3.95. The van der Waals surface area contributed by atoms with Crippen LogP contribution in [0.5, 0.6) is 11.5 Å². The van der Waals surface area contributed by atoms with E-state index in [0.717, 1.165) is 0 Å².